The van der Waals surface area contributed by atoms with Crippen LogP contribution in [0.5, 0.6) is 17.2 Å². The van der Waals surface area contributed by atoms with Crippen molar-refractivity contribution in [3.05, 3.63) is 101 Å². The zero-order valence-corrected chi connectivity index (χ0v) is 26.2. The molecule has 1 aliphatic carbocycles. The van der Waals surface area contributed by atoms with E-state index in [2.05, 4.69) is 15.3 Å². The van der Waals surface area contributed by atoms with Crippen molar-refractivity contribution in [2.75, 3.05) is 25.6 Å². The van der Waals surface area contributed by atoms with Crippen LogP contribution in [0.25, 0.3) is 6.08 Å². The summed E-state index contributed by atoms with van der Waals surface area (Å²) in [6.45, 7) is 0.147. The van der Waals surface area contributed by atoms with Crippen LogP contribution < -0.4 is 10.1 Å². The summed E-state index contributed by atoms with van der Waals surface area (Å²) in [4.78, 5) is 34.8. The van der Waals surface area contributed by atoms with Crippen LogP contribution in [0.4, 0.5) is 5.82 Å². The molecule has 0 amide bonds. The van der Waals surface area contributed by atoms with Gasteiger partial charge in [0.2, 0.25) is 0 Å². The molecular formula is C37H43N3O6. The van der Waals surface area contributed by atoms with Gasteiger partial charge < -0.3 is 35.3 Å². The number of anilines is 1. The molecule has 6 N–H and O–H groups in total. The number of ether oxygens (including phenoxy) is 1. The second kappa shape index (κ2) is 15.5. The van der Waals surface area contributed by atoms with Crippen LogP contribution in [0, 0.1) is 11.8 Å². The van der Waals surface area contributed by atoms with Gasteiger partial charge >= 0.3 is 0 Å². The van der Waals surface area contributed by atoms with Crippen molar-refractivity contribution in [2.45, 2.75) is 50.9 Å². The molecule has 242 valence electrons. The van der Waals surface area contributed by atoms with E-state index in [9.17, 15) is 24.9 Å². The average Bonchev–Trinajstić information content (AvgIpc) is 3.76. The maximum absolute atomic E-state index is 14.6. The quantitative estimate of drug-likeness (QED) is 0.0609. The Morgan fingerprint density at radius 3 is 2.57 bits per heavy atom. The minimum atomic E-state index is -0.946. The number of nitrogens with one attached hydrogen (secondary N) is 3. The molecule has 4 aromatic rings. The van der Waals surface area contributed by atoms with Crippen molar-refractivity contribution >= 4 is 23.5 Å². The van der Waals surface area contributed by atoms with E-state index in [0.29, 0.717) is 18.7 Å². The monoisotopic (exact) mass is 625 g/mol. The van der Waals surface area contributed by atoms with Crippen molar-refractivity contribution in [1.29, 1.82) is 0 Å². The number of rotatable bonds is 17. The lowest BCUT2D eigenvalue weighted by molar-refractivity contribution is -0.135. The minimum Gasteiger partial charge on any atom is -0.508 e. The molecule has 0 saturated heterocycles. The number of aliphatic hydroxyl groups is 1. The molecule has 0 fully saturated rings. The van der Waals surface area contributed by atoms with Crippen LogP contribution in [0.1, 0.15) is 60.4 Å². The van der Waals surface area contributed by atoms with Crippen LogP contribution in [0.15, 0.2) is 78.6 Å². The van der Waals surface area contributed by atoms with Crippen molar-refractivity contribution in [2.24, 2.45) is 11.8 Å². The van der Waals surface area contributed by atoms with Crippen LogP contribution in [0.3, 0.4) is 0 Å². The first-order valence-corrected chi connectivity index (χ1v) is 15.9. The Labute approximate surface area is 269 Å². The highest BCUT2D eigenvalue weighted by atomic mass is 16.5. The van der Waals surface area contributed by atoms with Crippen molar-refractivity contribution in [3.63, 3.8) is 0 Å². The predicted octanol–water partition coefficient (Wildman–Crippen LogP) is 6.15. The third-order valence-electron chi connectivity index (χ3n) is 8.93. The van der Waals surface area contributed by atoms with Crippen LogP contribution >= 0.6 is 0 Å². The van der Waals surface area contributed by atoms with E-state index in [1.54, 1.807) is 24.3 Å². The summed E-state index contributed by atoms with van der Waals surface area (Å²) >= 11 is 0. The molecule has 0 spiro atoms. The van der Waals surface area contributed by atoms with Gasteiger partial charge in [-0.15, -0.1) is 0 Å². The van der Waals surface area contributed by atoms with Gasteiger partial charge in [-0.05, 0) is 109 Å². The number of phenolic OH excluding ortho intramolecular Hbond substituents is 2. The van der Waals surface area contributed by atoms with Gasteiger partial charge in [-0.3, -0.25) is 9.59 Å². The Balaban J connectivity index is 1.37. The minimum absolute atomic E-state index is 0.0209. The van der Waals surface area contributed by atoms with Crippen molar-refractivity contribution in [3.8, 4) is 17.2 Å². The number of carbonyl (C=O) groups is 2. The maximum atomic E-state index is 14.6. The van der Waals surface area contributed by atoms with Crippen molar-refractivity contribution < 1.29 is 29.6 Å². The Morgan fingerprint density at radius 2 is 1.80 bits per heavy atom. The Hall–Kier alpha value is -4.76. The summed E-state index contributed by atoms with van der Waals surface area (Å²) < 4.78 is 5.21. The number of aliphatic hydroxyl groups excluding tert-OH is 1. The molecule has 2 aromatic heterocycles. The van der Waals surface area contributed by atoms with Gasteiger partial charge in [-0.1, -0.05) is 24.6 Å². The lowest BCUT2D eigenvalue weighted by Crippen LogP contribution is -2.37. The highest BCUT2D eigenvalue weighted by molar-refractivity contribution is 6.05. The Morgan fingerprint density at radius 1 is 0.957 bits per heavy atom. The molecule has 5 rings (SSSR count). The highest BCUT2D eigenvalue weighted by Gasteiger charge is 2.41. The average molecular weight is 626 g/mol. The lowest BCUT2D eigenvalue weighted by Gasteiger charge is -2.34. The smallest absolute Gasteiger partial charge is 0.160 e. The number of aromatic hydroxyl groups is 2. The number of carbonyl (C=O) groups excluding carboxylic acids is 2. The van der Waals surface area contributed by atoms with Gasteiger partial charge in [0, 0.05) is 43.6 Å². The van der Waals surface area contributed by atoms with E-state index < -0.39 is 11.8 Å². The number of hydrogen-bond acceptors (Lipinski definition) is 7. The number of fused-ring (bicyclic) bond motifs is 1. The molecule has 46 heavy (non-hydrogen) atoms. The molecule has 0 saturated carbocycles. The number of Topliss-reactive ketones (excluding diaryl/α,β-unsaturated/α-hetero) is 2. The number of ketones is 2. The summed E-state index contributed by atoms with van der Waals surface area (Å²) in [5.41, 5.74) is 4.80. The number of aryl methyl sites for hydroxylation is 2. The normalized spacial score (nSPS) is 16.3. The SMILES string of the molecule is COc1cc(CCC(=O)C(CCO)C(=O)C2C(CNc3ccc[nH]3)=Cc3[nH]ccc3C2CCCCc2cccc(O)c2)ccc1O. The van der Waals surface area contributed by atoms with E-state index in [1.807, 2.05) is 48.8 Å². The second-order valence-corrected chi connectivity index (χ2v) is 11.9. The zero-order chi connectivity index (χ0) is 32.5. The van der Waals surface area contributed by atoms with Crippen molar-refractivity contribution in [1.82, 2.24) is 9.97 Å². The van der Waals surface area contributed by atoms with E-state index in [4.69, 9.17) is 4.74 Å². The van der Waals surface area contributed by atoms with E-state index >= 15 is 0 Å². The van der Waals surface area contributed by atoms with Gasteiger partial charge in [0.1, 0.15) is 17.4 Å². The largest absolute Gasteiger partial charge is 0.508 e. The lowest BCUT2D eigenvalue weighted by atomic mass is 9.69. The predicted molar refractivity (Wildman–Crippen MR) is 178 cm³/mol. The molecular weight excluding hydrogens is 582 g/mol. The van der Waals surface area contributed by atoms with Gasteiger partial charge in [0.15, 0.2) is 17.3 Å². The molecule has 3 unspecified atom stereocenters. The number of aromatic amines is 2. The van der Waals surface area contributed by atoms with Gasteiger partial charge in [-0.25, -0.2) is 0 Å². The summed E-state index contributed by atoms with van der Waals surface area (Å²) in [6.07, 6.45) is 9.62. The fourth-order valence-corrected chi connectivity index (χ4v) is 6.59. The van der Waals surface area contributed by atoms with Gasteiger partial charge in [0.05, 0.1) is 13.0 Å². The second-order valence-electron chi connectivity index (χ2n) is 11.9. The standard InChI is InChI=1S/C37H43N3O6/c1-46-34-21-25(12-14-33(34)44)11-13-32(43)30(16-19-41)37(45)36-26(23-40-35-10-5-17-39-35)22-31-28(15-18-38-31)29(36)9-3-2-6-24-7-4-8-27(42)20-24/h4-5,7-8,10,12,14-15,17-18,20-22,29-30,36,38-42,44H,2-3,6,9,11,13,16,19,23H2,1H3. The van der Waals surface area contributed by atoms with E-state index in [-0.39, 0.29) is 48.4 Å². The van der Waals surface area contributed by atoms with Gasteiger partial charge in [-0.2, -0.15) is 0 Å². The van der Waals surface area contributed by atoms with Crippen LogP contribution in [0.2, 0.25) is 0 Å². The first kappa shape index (κ1) is 32.6. The Bertz CT molecular complexity index is 1640. The summed E-state index contributed by atoms with van der Waals surface area (Å²) in [6, 6.07) is 18.1. The summed E-state index contributed by atoms with van der Waals surface area (Å²) in [5.74, 6) is -0.559. The number of unbranched alkanes of at least 4 members (excludes halogenated alkanes) is 1. The highest BCUT2D eigenvalue weighted by Crippen LogP contribution is 2.43. The molecule has 0 bridgehead atoms. The summed E-state index contributed by atoms with van der Waals surface area (Å²) in [7, 11) is 1.47. The summed E-state index contributed by atoms with van der Waals surface area (Å²) in [5, 5.41) is 33.2. The molecule has 3 atom stereocenters. The number of H-pyrrole nitrogens is 2. The zero-order valence-electron chi connectivity index (χ0n) is 26.2. The molecule has 2 aromatic carbocycles. The van der Waals surface area contributed by atoms with Gasteiger partial charge in [0.25, 0.3) is 0 Å². The number of benzene rings is 2. The fourth-order valence-electron chi connectivity index (χ4n) is 6.59. The molecule has 2 heterocycles. The number of methoxy groups -OCH3 is 1. The molecule has 0 aliphatic heterocycles. The topological polar surface area (TPSA) is 148 Å². The van der Waals surface area contributed by atoms with E-state index in [0.717, 1.165) is 59.5 Å². The van der Waals surface area contributed by atoms with E-state index in [1.165, 1.54) is 13.2 Å². The third kappa shape index (κ3) is 7.90. The van der Waals surface area contributed by atoms with Crippen LogP contribution in [-0.4, -0.2) is 57.1 Å². The first-order valence-electron chi connectivity index (χ1n) is 15.9. The number of aromatic nitrogens is 2. The molecule has 9 heteroatoms. The third-order valence-corrected chi connectivity index (χ3v) is 8.93. The number of phenols is 2. The number of hydrogen-bond donors (Lipinski definition) is 6. The molecule has 0 radical (unpaired) electrons. The fraction of sp³-hybridized carbons (Fsp3) is 0.351. The first-order chi connectivity index (χ1) is 22.4. The molecule has 1 aliphatic rings. The Kier molecular flexibility index (Phi) is 11.0. The van der Waals surface area contributed by atoms with Crippen LogP contribution in [-0.2, 0) is 22.4 Å². The maximum Gasteiger partial charge on any atom is 0.160 e. The molecule has 9 nitrogen and oxygen atoms in total.